The Labute approximate surface area is 190 Å². The summed E-state index contributed by atoms with van der Waals surface area (Å²) < 4.78 is 40.5. The van der Waals surface area contributed by atoms with Gasteiger partial charge in [-0.25, -0.2) is 0 Å². The Morgan fingerprint density at radius 1 is 1.09 bits per heavy atom. The fourth-order valence-electron chi connectivity index (χ4n) is 4.21. The molecular weight excluding hydrogens is 425 g/mol. The molecule has 1 saturated heterocycles. The summed E-state index contributed by atoms with van der Waals surface area (Å²) in [5.41, 5.74) is 1.59. The molecular formula is C23H25BF2N6O. The first-order valence-corrected chi connectivity index (χ1v) is 10.9. The zero-order chi connectivity index (χ0) is 23.6. The van der Waals surface area contributed by atoms with Crippen LogP contribution in [0.1, 0.15) is 39.1 Å². The lowest BCUT2D eigenvalue weighted by molar-refractivity contribution is 0.0306. The molecule has 0 radical (unpaired) electrons. The van der Waals surface area contributed by atoms with E-state index in [4.69, 9.17) is 4.65 Å². The number of aryl methyl sites for hydroxylation is 1. The maximum Gasteiger partial charge on any atom is 0.333 e. The molecule has 3 aromatic heterocycles. The van der Waals surface area contributed by atoms with E-state index in [1.807, 2.05) is 19.9 Å². The summed E-state index contributed by atoms with van der Waals surface area (Å²) in [5.74, 6) is -3.94. The Morgan fingerprint density at radius 2 is 1.88 bits per heavy atom. The Hall–Kier alpha value is -3.14. The predicted molar refractivity (Wildman–Crippen MR) is 122 cm³/mol. The van der Waals surface area contributed by atoms with Gasteiger partial charge >= 0.3 is 12.8 Å². The molecule has 10 heteroatoms. The summed E-state index contributed by atoms with van der Waals surface area (Å²) in [6.45, 7) is 8.10. The summed E-state index contributed by atoms with van der Waals surface area (Å²) in [4.78, 5) is 0. The monoisotopic (exact) mass is 450 g/mol. The molecule has 1 aliphatic rings. The van der Waals surface area contributed by atoms with Gasteiger partial charge in [0.15, 0.2) is 5.65 Å². The van der Waals surface area contributed by atoms with Crippen LogP contribution >= 0.6 is 0 Å². The van der Waals surface area contributed by atoms with Crippen LogP contribution < -0.4 is 5.46 Å². The molecule has 0 atom stereocenters. The van der Waals surface area contributed by atoms with Crippen LogP contribution in [0.5, 0.6) is 0 Å². The molecule has 4 aromatic rings. The van der Waals surface area contributed by atoms with Crippen molar-refractivity contribution in [3.05, 3.63) is 60.2 Å². The average Bonchev–Trinajstić information content (AvgIpc) is 3.43. The highest BCUT2D eigenvalue weighted by atomic mass is 19.3. The molecule has 0 bridgehead atoms. The van der Waals surface area contributed by atoms with Crippen molar-refractivity contribution in [1.82, 2.24) is 29.6 Å². The third-order valence-corrected chi connectivity index (χ3v) is 6.93. The summed E-state index contributed by atoms with van der Waals surface area (Å²) in [6.07, 6.45) is 4.15. The van der Waals surface area contributed by atoms with Gasteiger partial charge in [-0.1, -0.05) is 38.1 Å². The van der Waals surface area contributed by atoms with Crippen molar-refractivity contribution in [2.75, 3.05) is 0 Å². The van der Waals surface area contributed by atoms with E-state index in [2.05, 4.69) is 34.2 Å². The number of benzene rings is 1. The number of fused-ring (bicyclic) bond motifs is 1. The minimum absolute atomic E-state index is 0.0774. The number of hydrogen-bond donors (Lipinski definition) is 0. The van der Waals surface area contributed by atoms with Gasteiger partial charge in [0.05, 0.1) is 17.5 Å². The number of aromatic nitrogens is 6. The van der Waals surface area contributed by atoms with Crippen LogP contribution in [-0.4, -0.2) is 42.1 Å². The van der Waals surface area contributed by atoms with Crippen molar-refractivity contribution < 1.29 is 13.4 Å². The standard InChI is InChI=1S/C23H25BF2N6O/c1-21(2)14-24(33-22(21,3)4)17-8-6-7-16(11-17)23(25,26)20-29-28-19-10-9-18(30-32(19)20)15-12-27-31(5)13-15/h6-13H,14H2,1-5H3. The normalized spacial score (nSPS) is 17.7. The SMILES string of the molecule is Cn1cc(-c2ccc3nnc(C(F)(F)c4cccc(B5CC(C)(C)C(C)(C)O5)c4)n3n2)cn1. The fraction of sp³-hybridized carbons (Fsp3) is 0.391. The third-order valence-electron chi connectivity index (χ3n) is 6.93. The molecule has 1 aliphatic heterocycles. The van der Waals surface area contributed by atoms with E-state index in [1.165, 1.54) is 12.1 Å². The Kier molecular flexibility index (Phi) is 4.72. The molecule has 0 saturated carbocycles. The number of hydrogen-bond acceptors (Lipinski definition) is 5. The second-order valence-electron chi connectivity index (χ2n) is 9.82. The van der Waals surface area contributed by atoms with E-state index in [-0.39, 0.29) is 29.1 Å². The number of alkyl halides is 2. The van der Waals surface area contributed by atoms with Crippen LogP contribution in [0.4, 0.5) is 8.78 Å². The van der Waals surface area contributed by atoms with E-state index in [9.17, 15) is 0 Å². The molecule has 0 amide bonds. The summed E-state index contributed by atoms with van der Waals surface area (Å²) in [7, 11) is 1.78. The molecule has 0 unspecified atom stereocenters. The molecule has 170 valence electrons. The lowest BCUT2D eigenvalue weighted by Gasteiger charge is -2.34. The fourth-order valence-corrected chi connectivity index (χ4v) is 4.21. The zero-order valence-electron chi connectivity index (χ0n) is 19.3. The Balaban J connectivity index is 1.53. The number of halogens is 2. The van der Waals surface area contributed by atoms with Crippen LogP contribution in [0.3, 0.4) is 0 Å². The predicted octanol–water partition coefficient (Wildman–Crippen LogP) is 3.70. The van der Waals surface area contributed by atoms with Crippen molar-refractivity contribution in [3.8, 4) is 11.3 Å². The van der Waals surface area contributed by atoms with Crippen molar-refractivity contribution in [1.29, 1.82) is 0 Å². The molecule has 0 N–H and O–H groups in total. The summed E-state index contributed by atoms with van der Waals surface area (Å²) >= 11 is 0. The third kappa shape index (κ3) is 3.53. The largest absolute Gasteiger partial charge is 0.426 e. The van der Waals surface area contributed by atoms with Crippen molar-refractivity contribution in [3.63, 3.8) is 0 Å². The van der Waals surface area contributed by atoms with Crippen molar-refractivity contribution in [2.45, 2.75) is 45.5 Å². The Morgan fingerprint density at radius 3 is 2.55 bits per heavy atom. The molecule has 4 heterocycles. The highest BCUT2D eigenvalue weighted by Crippen LogP contribution is 2.45. The van der Waals surface area contributed by atoms with Gasteiger partial charge in [0.25, 0.3) is 0 Å². The quantitative estimate of drug-likeness (QED) is 0.444. The smallest absolute Gasteiger partial charge is 0.333 e. The maximum absolute atomic E-state index is 15.7. The van der Waals surface area contributed by atoms with Gasteiger partial charge in [0.2, 0.25) is 5.82 Å². The van der Waals surface area contributed by atoms with Crippen LogP contribution in [0.25, 0.3) is 16.9 Å². The highest BCUT2D eigenvalue weighted by molar-refractivity contribution is 6.68. The van der Waals surface area contributed by atoms with E-state index in [0.29, 0.717) is 11.3 Å². The maximum atomic E-state index is 15.7. The lowest BCUT2D eigenvalue weighted by atomic mass is 9.54. The molecule has 7 nitrogen and oxygen atoms in total. The van der Waals surface area contributed by atoms with Crippen LogP contribution in [0.2, 0.25) is 6.32 Å². The molecule has 33 heavy (non-hydrogen) atoms. The number of nitrogens with zero attached hydrogens (tertiary/aromatic N) is 6. The highest BCUT2D eigenvalue weighted by Gasteiger charge is 2.50. The minimum atomic E-state index is -3.40. The number of rotatable bonds is 4. The van der Waals surface area contributed by atoms with Crippen LogP contribution in [0.15, 0.2) is 48.8 Å². The van der Waals surface area contributed by atoms with Crippen molar-refractivity contribution >= 4 is 18.0 Å². The van der Waals surface area contributed by atoms with E-state index in [1.54, 1.807) is 42.3 Å². The molecule has 1 fully saturated rings. The van der Waals surface area contributed by atoms with Crippen LogP contribution in [0, 0.1) is 5.41 Å². The Bertz CT molecular complexity index is 1330. The molecule has 0 aliphatic carbocycles. The van der Waals surface area contributed by atoms with Gasteiger partial charge in [-0.2, -0.15) is 23.5 Å². The van der Waals surface area contributed by atoms with Gasteiger partial charge in [-0.15, -0.1) is 10.2 Å². The van der Waals surface area contributed by atoms with E-state index < -0.39 is 11.7 Å². The average molecular weight is 450 g/mol. The lowest BCUT2D eigenvalue weighted by Crippen LogP contribution is -2.36. The van der Waals surface area contributed by atoms with Gasteiger partial charge in [-0.3, -0.25) is 4.68 Å². The van der Waals surface area contributed by atoms with Gasteiger partial charge in [-0.05, 0) is 43.2 Å². The molecule has 5 rings (SSSR count). The van der Waals surface area contributed by atoms with E-state index in [0.717, 1.165) is 16.3 Å². The first kappa shape index (κ1) is 21.7. The first-order chi connectivity index (χ1) is 15.5. The van der Waals surface area contributed by atoms with E-state index >= 15 is 8.78 Å². The van der Waals surface area contributed by atoms with Crippen LogP contribution in [-0.2, 0) is 17.6 Å². The summed E-state index contributed by atoms with van der Waals surface area (Å²) in [5, 5.41) is 16.2. The van der Waals surface area contributed by atoms with Gasteiger partial charge in [0, 0.05) is 24.4 Å². The first-order valence-electron chi connectivity index (χ1n) is 10.9. The topological polar surface area (TPSA) is 70.1 Å². The molecule has 1 aromatic carbocycles. The second kappa shape index (κ2) is 7.18. The minimum Gasteiger partial charge on any atom is -0.426 e. The van der Waals surface area contributed by atoms with Gasteiger partial charge < -0.3 is 4.65 Å². The zero-order valence-corrected chi connectivity index (χ0v) is 19.3. The summed E-state index contributed by atoms with van der Waals surface area (Å²) in [6, 6.07) is 9.72. The molecule has 0 spiro atoms. The van der Waals surface area contributed by atoms with Gasteiger partial charge in [0.1, 0.15) is 0 Å². The second-order valence-corrected chi connectivity index (χ2v) is 9.82. The van der Waals surface area contributed by atoms with Crippen molar-refractivity contribution in [2.24, 2.45) is 12.5 Å².